The van der Waals surface area contributed by atoms with Gasteiger partial charge in [-0.05, 0) is 43.5 Å². The maximum Gasteiger partial charge on any atom is 0.346 e. The molecular formula is C22H24ClFN4O3S. The quantitative estimate of drug-likeness (QED) is 0.543. The van der Waals surface area contributed by atoms with E-state index in [4.69, 9.17) is 11.6 Å². The van der Waals surface area contributed by atoms with Crippen LogP contribution in [0, 0.1) is 5.82 Å². The van der Waals surface area contributed by atoms with Crippen LogP contribution < -0.4 is 5.69 Å². The minimum absolute atomic E-state index is 0.0251. The molecule has 2 aromatic carbocycles. The third kappa shape index (κ3) is 4.37. The number of benzene rings is 2. The molecule has 0 bridgehead atoms. The Labute approximate surface area is 191 Å². The standard InChI is InChI=1S/C22H24ClFN4O3S/c1-2-27-21(25-28(22(27)29)15-16-6-4-3-5-7-16)17-10-12-26(13-11-17)32(30,31)18-8-9-20(24)19(23)14-18/h3-9,14,17H,2,10-13,15H2,1H3. The van der Waals surface area contributed by atoms with Gasteiger partial charge in [-0.15, -0.1) is 0 Å². The second kappa shape index (κ2) is 9.17. The van der Waals surface area contributed by atoms with Crippen molar-refractivity contribution in [1.82, 2.24) is 18.7 Å². The van der Waals surface area contributed by atoms with Gasteiger partial charge in [0.05, 0.1) is 16.5 Å². The number of hydrogen-bond donors (Lipinski definition) is 0. The number of aromatic nitrogens is 3. The smallest absolute Gasteiger partial charge is 0.279 e. The van der Waals surface area contributed by atoms with E-state index in [9.17, 15) is 17.6 Å². The molecule has 0 N–H and O–H groups in total. The Kier molecular flexibility index (Phi) is 6.50. The molecule has 1 aromatic heterocycles. The van der Waals surface area contributed by atoms with Gasteiger partial charge in [-0.1, -0.05) is 41.9 Å². The molecule has 0 atom stereocenters. The zero-order valence-corrected chi connectivity index (χ0v) is 19.2. The molecule has 0 spiro atoms. The first-order chi connectivity index (χ1) is 15.3. The van der Waals surface area contributed by atoms with Gasteiger partial charge in [-0.3, -0.25) is 4.57 Å². The van der Waals surface area contributed by atoms with Gasteiger partial charge in [0.25, 0.3) is 0 Å². The fraction of sp³-hybridized carbons (Fsp3) is 0.364. The van der Waals surface area contributed by atoms with E-state index in [1.807, 2.05) is 37.3 Å². The van der Waals surface area contributed by atoms with Gasteiger partial charge in [0.2, 0.25) is 10.0 Å². The number of halogens is 2. The first-order valence-electron chi connectivity index (χ1n) is 10.5. The largest absolute Gasteiger partial charge is 0.346 e. The summed E-state index contributed by atoms with van der Waals surface area (Å²) >= 11 is 5.77. The summed E-state index contributed by atoms with van der Waals surface area (Å²) in [6.07, 6.45) is 1.08. The first-order valence-corrected chi connectivity index (χ1v) is 12.3. The third-order valence-corrected chi connectivity index (χ3v) is 7.98. The summed E-state index contributed by atoms with van der Waals surface area (Å²) in [6, 6.07) is 13.1. The summed E-state index contributed by atoms with van der Waals surface area (Å²) in [5.41, 5.74) is 0.822. The number of piperidine rings is 1. The van der Waals surface area contributed by atoms with Crippen LogP contribution in [-0.4, -0.2) is 40.2 Å². The van der Waals surface area contributed by atoms with Crippen molar-refractivity contribution in [3.63, 3.8) is 0 Å². The van der Waals surface area contributed by atoms with E-state index in [1.165, 1.54) is 15.1 Å². The van der Waals surface area contributed by atoms with Crippen LogP contribution in [0.2, 0.25) is 5.02 Å². The lowest BCUT2D eigenvalue weighted by molar-refractivity contribution is 0.308. The van der Waals surface area contributed by atoms with Gasteiger partial charge in [0.1, 0.15) is 11.6 Å². The summed E-state index contributed by atoms with van der Waals surface area (Å²) in [4.78, 5) is 12.8. The molecule has 0 radical (unpaired) electrons. The van der Waals surface area contributed by atoms with Crippen molar-refractivity contribution < 1.29 is 12.8 Å². The molecular weight excluding hydrogens is 455 g/mol. The van der Waals surface area contributed by atoms with E-state index in [1.54, 1.807) is 4.57 Å². The molecule has 4 rings (SSSR count). The van der Waals surface area contributed by atoms with Crippen molar-refractivity contribution in [3.05, 3.63) is 81.2 Å². The Bertz CT molecular complexity index is 1270. The highest BCUT2D eigenvalue weighted by molar-refractivity contribution is 7.89. The predicted octanol–water partition coefficient (Wildman–Crippen LogP) is 3.47. The van der Waals surface area contributed by atoms with Gasteiger partial charge in [-0.2, -0.15) is 9.40 Å². The lowest BCUT2D eigenvalue weighted by atomic mass is 9.97. The first kappa shape index (κ1) is 22.7. The van der Waals surface area contributed by atoms with Crippen LogP contribution in [0.1, 0.15) is 37.1 Å². The van der Waals surface area contributed by atoms with Crippen LogP contribution in [0.25, 0.3) is 0 Å². The number of rotatable bonds is 6. The van der Waals surface area contributed by atoms with E-state index < -0.39 is 15.8 Å². The second-order valence-electron chi connectivity index (χ2n) is 7.78. The molecule has 1 aliphatic rings. The van der Waals surface area contributed by atoms with Crippen LogP contribution in [0.5, 0.6) is 0 Å². The third-order valence-electron chi connectivity index (χ3n) is 5.79. The Hall–Kier alpha value is -2.49. The summed E-state index contributed by atoms with van der Waals surface area (Å²) in [5.74, 6) is 0.00573. The maximum atomic E-state index is 13.4. The fourth-order valence-corrected chi connectivity index (χ4v) is 5.80. The van der Waals surface area contributed by atoms with Crippen LogP contribution in [0.3, 0.4) is 0 Å². The van der Waals surface area contributed by atoms with Gasteiger partial charge in [0, 0.05) is 25.6 Å². The SMILES string of the molecule is CCn1c(C2CCN(S(=O)(=O)c3ccc(F)c(Cl)c3)CC2)nn(Cc2ccccc2)c1=O. The van der Waals surface area contributed by atoms with E-state index in [0.29, 0.717) is 31.8 Å². The average molecular weight is 479 g/mol. The minimum Gasteiger partial charge on any atom is -0.279 e. The van der Waals surface area contributed by atoms with E-state index in [-0.39, 0.29) is 34.6 Å². The number of sulfonamides is 1. The molecule has 7 nitrogen and oxygen atoms in total. The van der Waals surface area contributed by atoms with Crippen LogP contribution >= 0.6 is 11.6 Å². The molecule has 32 heavy (non-hydrogen) atoms. The molecule has 0 aliphatic carbocycles. The summed E-state index contributed by atoms with van der Waals surface area (Å²) in [6.45, 7) is 3.35. The summed E-state index contributed by atoms with van der Waals surface area (Å²) in [7, 11) is -3.78. The van der Waals surface area contributed by atoms with Crippen molar-refractivity contribution in [2.75, 3.05) is 13.1 Å². The number of hydrogen-bond acceptors (Lipinski definition) is 4. The molecule has 10 heteroatoms. The number of nitrogens with zero attached hydrogens (tertiary/aromatic N) is 4. The highest BCUT2D eigenvalue weighted by atomic mass is 35.5. The topological polar surface area (TPSA) is 77.2 Å². The van der Waals surface area contributed by atoms with Crippen molar-refractivity contribution in [3.8, 4) is 0 Å². The Morgan fingerprint density at radius 2 is 1.81 bits per heavy atom. The highest BCUT2D eigenvalue weighted by Crippen LogP contribution is 2.30. The van der Waals surface area contributed by atoms with Gasteiger partial charge in [0.15, 0.2) is 0 Å². The molecule has 0 unspecified atom stereocenters. The van der Waals surface area contributed by atoms with Crippen LogP contribution in [-0.2, 0) is 23.1 Å². The molecule has 3 aromatic rings. The normalized spacial score (nSPS) is 15.8. The molecule has 170 valence electrons. The van der Waals surface area contributed by atoms with E-state index in [0.717, 1.165) is 17.7 Å². The van der Waals surface area contributed by atoms with E-state index in [2.05, 4.69) is 5.10 Å². The molecule has 2 heterocycles. The maximum absolute atomic E-state index is 13.4. The van der Waals surface area contributed by atoms with Crippen molar-refractivity contribution in [2.45, 2.75) is 43.7 Å². The molecule has 1 fully saturated rings. The second-order valence-corrected chi connectivity index (χ2v) is 10.1. The van der Waals surface area contributed by atoms with Crippen LogP contribution in [0.4, 0.5) is 4.39 Å². The predicted molar refractivity (Wildman–Crippen MR) is 120 cm³/mol. The Morgan fingerprint density at radius 1 is 1.12 bits per heavy atom. The van der Waals surface area contributed by atoms with Gasteiger partial charge in [-0.25, -0.2) is 22.3 Å². The van der Waals surface area contributed by atoms with Crippen LogP contribution in [0.15, 0.2) is 58.2 Å². The zero-order valence-electron chi connectivity index (χ0n) is 17.6. The van der Waals surface area contributed by atoms with Crippen molar-refractivity contribution >= 4 is 21.6 Å². The van der Waals surface area contributed by atoms with Gasteiger partial charge < -0.3 is 0 Å². The molecule has 1 saturated heterocycles. The lowest BCUT2D eigenvalue weighted by Crippen LogP contribution is -2.38. The average Bonchev–Trinajstić information content (AvgIpc) is 3.11. The van der Waals surface area contributed by atoms with E-state index >= 15 is 0 Å². The summed E-state index contributed by atoms with van der Waals surface area (Å²) < 4.78 is 43.8. The van der Waals surface area contributed by atoms with Crippen molar-refractivity contribution in [1.29, 1.82) is 0 Å². The van der Waals surface area contributed by atoms with Gasteiger partial charge >= 0.3 is 5.69 Å². The molecule has 1 aliphatic heterocycles. The Balaban J connectivity index is 1.52. The highest BCUT2D eigenvalue weighted by Gasteiger charge is 2.32. The molecule has 0 amide bonds. The fourth-order valence-electron chi connectivity index (χ4n) is 4.06. The zero-order chi connectivity index (χ0) is 22.9. The minimum atomic E-state index is -3.78. The monoisotopic (exact) mass is 478 g/mol. The molecule has 0 saturated carbocycles. The summed E-state index contributed by atoms with van der Waals surface area (Å²) in [5, 5.41) is 4.38. The lowest BCUT2D eigenvalue weighted by Gasteiger charge is -2.30. The van der Waals surface area contributed by atoms with Crippen molar-refractivity contribution in [2.24, 2.45) is 0 Å². The Morgan fingerprint density at radius 3 is 2.44 bits per heavy atom.